The van der Waals surface area contributed by atoms with E-state index in [1.165, 1.54) is 80.6 Å². The van der Waals surface area contributed by atoms with Gasteiger partial charge in [-0.3, -0.25) is 9.69 Å². The number of likely N-dealkylation sites (tertiary alicyclic amines) is 2. The van der Waals surface area contributed by atoms with Gasteiger partial charge in [0.05, 0.1) is 36.4 Å². The van der Waals surface area contributed by atoms with Gasteiger partial charge in [-0.25, -0.2) is 26.8 Å². The predicted molar refractivity (Wildman–Crippen MR) is 177 cm³/mol. The summed E-state index contributed by atoms with van der Waals surface area (Å²) in [6.45, 7) is 2.13. The number of rotatable bonds is 9. The fourth-order valence-corrected chi connectivity index (χ4v) is 8.46. The van der Waals surface area contributed by atoms with Crippen LogP contribution in [0, 0.1) is 11.3 Å². The van der Waals surface area contributed by atoms with Crippen LogP contribution in [0.4, 0.5) is 14.9 Å². The molecular formula is C35H38FN5O7S. The highest BCUT2D eigenvalue weighted by Gasteiger charge is 2.64. The molecule has 0 spiro atoms. The number of nitriles is 1. The molecule has 14 heteroatoms. The molecule has 2 amide bonds. The first-order valence-corrected chi connectivity index (χ1v) is 17.4. The van der Waals surface area contributed by atoms with Gasteiger partial charge in [-0.1, -0.05) is 12.1 Å². The molecule has 0 radical (unpaired) electrons. The van der Waals surface area contributed by atoms with Gasteiger partial charge in [0.15, 0.2) is 11.8 Å². The van der Waals surface area contributed by atoms with Crippen molar-refractivity contribution in [2.75, 3.05) is 52.3 Å². The van der Waals surface area contributed by atoms with E-state index in [1.807, 2.05) is 6.07 Å². The number of methoxy groups -OCH3 is 2. The highest BCUT2D eigenvalue weighted by Crippen LogP contribution is 2.55. The highest BCUT2D eigenvalue weighted by atomic mass is 32.2. The molecule has 0 N–H and O–H groups in total. The summed E-state index contributed by atoms with van der Waals surface area (Å²) in [6, 6.07) is 17.2. The molecule has 3 aliphatic heterocycles. The number of alkyl halides is 1. The molecule has 3 heterocycles. The molecule has 0 aliphatic carbocycles. The van der Waals surface area contributed by atoms with E-state index in [2.05, 4.69) is 11.0 Å². The molecule has 1 unspecified atom stereocenters. The average molecular weight is 692 g/mol. The molecule has 0 aromatic heterocycles. The Hall–Kier alpha value is -4.71. The second-order valence-electron chi connectivity index (χ2n) is 12.5. The smallest absolute Gasteiger partial charge is 0.410 e. The number of anilines is 1. The number of nitrogens with zero attached hydrogens (tertiary/aromatic N) is 5. The summed E-state index contributed by atoms with van der Waals surface area (Å²) in [5, 5.41) is 9.98. The fraction of sp³-hybridized carbons (Fsp3) is 0.400. The van der Waals surface area contributed by atoms with Gasteiger partial charge < -0.3 is 19.1 Å². The summed E-state index contributed by atoms with van der Waals surface area (Å²) in [7, 11) is 1.24. The summed E-state index contributed by atoms with van der Waals surface area (Å²) in [6.07, 6.45) is -1.69. The quantitative estimate of drug-likeness (QED) is 0.321. The van der Waals surface area contributed by atoms with E-state index in [9.17, 15) is 18.5 Å². The third-order valence-corrected chi connectivity index (χ3v) is 11.0. The first kappa shape index (κ1) is 34.2. The Labute approximate surface area is 285 Å². The van der Waals surface area contributed by atoms with Gasteiger partial charge in [0, 0.05) is 44.7 Å². The van der Waals surface area contributed by atoms with Crippen LogP contribution in [0.25, 0.3) is 0 Å². The van der Waals surface area contributed by atoms with Gasteiger partial charge >= 0.3 is 6.09 Å². The minimum Gasteiger partial charge on any atom is -0.497 e. The van der Waals surface area contributed by atoms with Crippen LogP contribution in [-0.4, -0.2) is 95.5 Å². The van der Waals surface area contributed by atoms with Gasteiger partial charge in [0.1, 0.15) is 17.7 Å². The Morgan fingerprint density at radius 1 is 1.02 bits per heavy atom. The standard InChI is InChI=1S/C35H38FN5O7S/c1-38(2)34(43)48-32-19-25(36)22-40(32)35(28-13-7-24(18-31(28)47-4)21-39-15-5-6-16-39)29-17-23(20-37)8-14-30(29)41(33(35)42)49(44,45)27-11-9-26(46-3)10-12-27/h7-14,17-18,25,32H,5-6,15-16,19,21-22H2,1-4H3/t25-,32+,35?/m1/s1. The fourth-order valence-electron chi connectivity index (χ4n) is 7.00. The first-order chi connectivity index (χ1) is 23.4. The maximum atomic E-state index is 15.6. The van der Waals surface area contributed by atoms with Crippen molar-refractivity contribution in [2.45, 2.75) is 48.6 Å². The second kappa shape index (κ2) is 13.3. The number of benzene rings is 3. The number of carbonyl (C=O) groups is 2. The Bertz CT molecular complexity index is 1910. The molecule has 3 aliphatic rings. The Morgan fingerprint density at radius 2 is 1.73 bits per heavy atom. The zero-order valence-electron chi connectivity index (χ0n) is 27.8. The average Bonchev–Trinajstić information content (AvgIpc) is 3.80. The number of amides is 2. The van der Waals surface area contributed by atoms with E-state index < -0.39 is 40.0 Å². The van der Waals surface area contributed by atoms with Gasteiger partial charge in [0.2, 0.25) is 0 Å². The first-order valence-electron chi connectivity index (χ1n) is 15.9. The monoisotopic (exact) mass is 691 g/mol. The third kappa shape index (κ3) is 5.85. The molecule has 2 fully saturated rings. The Kier molecular flexibility index (Phi) is 9.27. The van der Waals surface area contributed by atoms with Crippen LogP contribution in [0.15, 0.2) is 65.6 Å². The van der Waals surface area contributed by atoms with E-state index in [-0.39, 0.29) is 46.0 Å². The number of hydrogen-bond donors (Lipinski definition) is 0. The molecule has 3 aromatic carbocycles. The molecule has 49 heavy (non-hydrogen) atoms. The minimum atomic E-state index is -4.60. The molecule has 3 atom stereocenters. The summed E-state index contributed by atoms with van der Waals surface area (Å²) < 4.78 is 62.2. The van der Waals surface area contributed by atoms with Gasteiger partial charge in [-0.2, -0.15) is 5.26 Å². The summed E-state index contributed by atoms with van der Waals surface area (Å²) in [4.78, 5) is 33.0. The molecule has 6 rings (SSSR count). The lowest BCUT2D eigenvalue weighted by Crippen LogP contribution is -2.57. The minimum absolute atomic E-state index is 0.0250. The molecule has 258 valence electrons. The molecule has 2 saturated heterocycles. The van der Waals surface area contributed by atoms with Crippen molar-refractivity contribution in [1.29, 1.82) is 5.26 Å². The van der Waals surface area contributed by atoms with Crippen molar-refractivity contribution in [2.24, 2.45) is 0 Å². The lowest BCUT2D eigenvalue weighted by Gasteiger charge is -2.41. The summed E-state index contributed by atoms with van der Waals surface area (Å²) >= 11 is 0. The third-order valence-electron chi connectivity index (χ3n) is 9.32. The lowest BCUT2D eigenvalue weighted by atomic mass is 9.80. The largest absolute Gasteiger partial charge is 0.497 e. The van der Waals surface area contributed by atoms with Crippen LogP contribution >= 0.6 is 0 Å². The van der Waals surface area contributed by atoms with Crippen molar-refractivity contribution >= 4 is 27.7 Å². The number of hydrogen-bond acceptors (Lipinski definition) is 10. The van der Waals surface area contributed by atoms with Crippen molar-refractivity contribution in [3.8, 4) is 17.6 Å². The second-order valence-corrected chi connectivity index (χ2v) is 14.3. The van der Waals surface area contributed by atoms with E-state index in [1.54, 1.807) is 12.1 Å². The van der Waals surface area contributed by atoms with E-state index in [0.29, 0.717) is 16.6 Å². The van der Waals surface area contributed by atoms with Crippen LogP contribution in [0.2, 0.25) is 0 Å². The number of sulfonamides is 1. The summed E-state index contributed by atoms with van der Waals surface area (Å²) in [5.74, 6) is -0.295. The van der Waals surface area contributed by atoms with Crippen LogP contribution in [0.1, 0.15) is 41.5 Å². The zero-order chi connectivity index (χ0) is 35.1. The maximum Gasteiger partial charge on any atom is 0.410 e. The van der Waals surface area contributed by atoms with Crippen molar-refractivity contribution < 1.29 is 36.6 Å². The lowest BCUT2D eigenvalue weighted by molar-refractivity contribution is -0.132. The number of ether oxygens (including phenoxy) is 3. The van der Waals surface area contributed by atoms with Crippen LogP contribution in [0.3, 0.4) is 0 Å². The van der Waals surface area contributed by atoms with Crippen molar-refractivity contribution in [3.05, 3.63) is 82.9 Å². The van der Waals surface area contributed by atoms with Crippen molar-refractivity contribution in [1.82, 2.24) is 14.7 Å². The Balaban J connectivity index is 1.62. The van der Waals surface area contributed by atoms with Gasteiger partial charge in [0.25, 0.3) is 15.9 Å². The van der Waals surface area contributed by atoms with E-state index in [4.69, 9.17) is 14.2 Å². The predicted octanol–water partition coefficient (Wildman–Crippen LogP) is 4.22. The van der Waals surface area contributed by atoms with Crippen molar-refractivity contribution in [3.63, 3.8) is 0 Å². The number of carbonyl (C=O) groups excluding carboxylic acids is 2. The summed E-state index contributed by atoms with van der Waals surface area (Å²) in [5.41, 5.74) is -0.757. The molecule has 12 nitrogen and oxygen atoms in total. The normalized spacial score (nSPS) is 22.5. The topological polar surface area (TPSA) is 133 Å². The molecule has 0 bridgehead atoms. The van der Waals surface area contributed by atoms with E-state index in [0.717, 1.165) is 31.5 Å². The van der Waals surface area contributed by atoms with Gasteiger partial charge in [-0.05, 0) is 80.0 Å². The SMILES string of the molecule is COc1ccc(S(=O)(=O)N2C(=O)C(c3ccc(CN4CCCC4)cc3OC)(N3C[C@H](F)C[C@@H]3OC(=O)N(C)C)c3cc(C#N)ccc32)cc1. The zero-order valence-corrected chi connectivity index (χ0v) is 28.6. The van der Waals surface area contributed by atoms with Gasteiger partial charge in [-0.15, -0.1) is 0 Å². The molecular weight excluding hydrogens is 653 g/mol. The van der Waals surface area contributed by atoms with E-state index >= 15 is 9.18 Å². The van der Waals surface area contributed by atoms with Crippen LogP contribution < -0.4 is 13.8 Å². The van der Waals surface area contributed by atoms with Crippen LogP contribution in [-0.2, 0) is 31.6 Å². The number of fused-ring (bicyclic) bond motifs is 1. The molecule has 0 saturated carbocycles. The van der Waals surface area contributed by atoms with Crippen LogP contribution in [0.5, 0.6) is 11.5 Å². The number of halogens is 1. The Morgan fingerprint density at radius 3 is 2.37 bits per heavy atom. The maximum absolute atomic E-state index is 15.6. The molecule has 3 aromatic rings. The highest BCUT2D eigenvalue weighted by molar-refractivity contribution is 7.93.